The summed E-state index contributed by atoms with van der Waals surface area (Å²) in [7, 11) is 0. The van der Waals surface area contributed by atoms with E-state index in [0.717, 1.165) is 135 Å². The van der Waals surface area contributed by atoms with Gasteiger partial charge in [-0.15, -0.1) is 0 Å². The van der Waals surface area contributed by atoms with Gasteiger partial charge in [0.25, 0.3) is 0 Å². The minimum Gasteiger partial charge on any atom is -0.462 e. The molecule has 0 aromatic rings. The van der Waals surface area contributed by atoms with E-state index in [9.17, 15) is 14.4 Å². The Morgan fingerprint density at radius 1 is 0.259 bits per heavy atom. The lowest BCUT2D eigenvalue weighted by Gasteiger charge is -2.18. The number of hydrogen-bond donors (Lipinski definition) is 0. The largest absolute Gasteiger partial charge is 0.462 e. The molecule has 0 aliphatic rings. The predicted molar refractivity (Wildman–Crippen MR) is 352 cm³/mol. The Morgan fingerprint density at radius 3 is 0.790 bits per heavy atom. The van der Waals surface area contributed by atoms with Gasteiger partial charge in [0.1, 0.15) is 13.2 Å². The van der Waals surface area contributed by atoms with Crippen molar-refractivity contribution >= 4 is 17.9 Å². The molecule has 0 saturated heterocycles. The van der Waals surface area contributed by atoms with Gasteiger partial charge in [-0.1, -0.05) is 282 Å². The van der Waals surface area contributed by atoms with Crippen molar-refractivity contribution in [3.8, 4) is 0 Å². The van der Waals surface area contributed by atoms with E-state index in [4.69, 9.17) is 14.2 Å². The summed E-state index contributed by atoms with van der Waals surface area (Å²) < 4.78 is 16.9. The Hall–Kier alpha value is -4.71. The summed E-state index contributed by atoms with van der Waals surface area (Å²) in [6.45, 7) is 6.34. The molecule has 0 amide bonds. The molecule has 0 heterocycles. The van der Waals surface area contributed by atoms with Gasteiger partial charge < -0.3 is 14.2 Å². The molecule has 6 nitrogen and oxygen atoms in total. The molecule has 0 N–H and O–H groups in total. The summed E-state index contributed by atoms with van der Waals surface area (Å²) in [5.74, 6) is -0.954. The molecular weight excluding hydrogens is 997 g/mol. The van der Waals surface area contributed by atoms with Crippen molar-refractivity contribution in [1.82, 2.24) is 0 Å². The molecule has 0 spiro atoms. The van der Waals surface area contributed by atoms with Crippen molar-refractivity contribution in [3.63, 3.8) is 0 Å². The van der Waals surface area contributed by atoms with Crippen molar-refractivity contribution < 1.29 is 28.6 Å². The van der Waals surface area contributed by atoms with Crippen LogP contribution in [0.5, 0.6) is 0 Å². The first kappa shape index (κ1) is 76.3. The van der Waals surface area contributed by atoms with Crippen LogP contribution in [0.15, 0.2) is 146 Å². The summed E-state index contributed by atoms with van der Waals surface area (Å²) >= 11 is 0. The SMILES string of the molecule is CC/C=C\C/C=C\C/C=C\C/C=C\C/C=C\C/C=C\CCCCC(=O)OC(COC(=O)CCCCCCC/C=C\CCCC)COC(=O)CCCCCCCCCCCCCCCCC/C=C\C/C=C\C/C=C\C/C=C\C/C=C\CC. The maximum absolute atomic E-state index is 12.9. The molecular formula is C75H122O6. The first-order chi connectivity index (χ1) is 40.0. The second-order valence-corrected chi connectivity index (χ2v) is 21.6. The van der Waals surface area contributed by atoms with Crippen LogP contribution in [0.25, 0.3) is 0 Å². The van der Waals surface area contributed by atoms with E-state index >= 15 is 0 Å². The van der Waals surface area contributed by atoms with Crippen LogP contribution in [0.2, 0.25) is 0 Å². The molecule has 1 unspecified atom stereocenters. The number of esters is 3. The van der Waals surface area contributed by atoms with Crippen LogP contribution in [-0.4, -0.2) is 37.2 Å². The topological polar surface area (TPSA) is 78.9 Å². The normalized spacial score (nSPS) is 13.1. The Kier molecular flexibility index (Phi) is 63.9. The molecule has 6 heteroatoms. The van der Waals surface area contributed by atoms with Gasteiger partial charge in [-0.25, -0.2) is 0 Å². The van der Waals surface area contributed by atoms with Crippen LogP contribution >= 0.6 is 0 Å². The number of allylic oxidation sites excluding steroid dienone is 24. The minimum absolute atomic E-state index is 0.101. The molecule has 0 aromatic carbocycles. The summed E-state index contributed by atoms with van der Waals surface area (Å²) in [5, 5.41) is 0. The van der Waals surface area contributed by atoms with Crippen LogP contribution in [0.4, 0.5) is 0 Å². The second-order valence-electron chi connectivity index (χ2n) is 21.6. The zero-order valence-corrected chi connectivity index (χ0v) is 52.5. The molecule has 0 bridgehead atoms. The van der Waals surface area contributed by atoms with Crippen molar-refractivity contribution in [2.45, 2.75) is 297 Å². The lowest BCUT2D eigenvalue weighted by atomic mass is 10.0. The van der Waals surface area contributed by atoms with Crippen molar-refractivity contribution in [1.29, 1.82) is 0 Å². The lowest BCUT2D eigenvalue weighted by Crippen LogP contribution is -2.30. The zero-order chi connectivity index (χ0) is 58.5. The third-order valence-electron chi connectivity index (χ3n) is 13.8. The number of carbonyl (C=O) groups excluding carboxylic acids is 3. The van der Waals surface area contributed by atoms with Crippen LogP contribution in [0.3, 0.4) is 0 Å². The second kappa shape index (κ2) is 67.8. The lowest BCUT2D eigenvalue weighted by molar-refractivity contribution is -0.167. The number of unbranched alkanes of at least 4 members (excludes halogenated alkanes) is 24. The van der Waals surface area contributed by atoms with E-state index in [0.29, 0.717) is 19.3 Å². The number of carbonyl (C=O) groups is 3. The fraction of sp³-hybridized carbons (Fsp3) is 0.640. The first-order valence-electron chi connectivity index (χ1n) is 33.3. The van der Waals surface area contributed by atoms with Gasteiger partial charge >= 0.3 is 17.9 Å². The van der Waals surface area contributed by atoms with Crippen molar-refractivity contribution in [2.24, 2.45) is 0 Å². The van der Waals surface area contributed by atoms with E-state index in [1.54, 1.807) is 0 Å². The molecule has 0 radical (unpaired) electrons. The average molecular weight is 1120 g/mol. The van der Waals surface area contributed by atoms with Gasteiger partial charge in [0.15, 0.2) is 6.10 Å². The fourth-order valence-electron chi connectivity index (χ4n) is 8.87. The standard InChI is InChI=1S/C75H122O6/c1-4-7-10-13-16-19-22-24-26-28-30-32-33-34-35-36-37-38-39-40-41-43-44-46-48-50-53-56-59-62-65-68-74(77)80-71-72(70-79-73(76)67-64-61-58-55-52-21-18-15-12-9-6-3)81-75(78)69-66-63-60-57-54-51-49-47-45-42-31-29-27-25-23-20-17-14-11-8-5-2/h7-8,10-11,15-20,24-27,30-32,34-35,42,47,49,54,57,72H,4-6,9,12-14,21-23,28-29,33,36-41,43-46,48,50-53,55-56,58-71H2,1-3H3/b10-7-,11-8-,18-15-,19-16-,20-17-,26-24-,27-25-,32-30-,35-34-,42-31-,49-47-,57-54-. The summed E-state index contributed by atoms with van der Waals surface area (Å²) in [5.41, 5.74) is 0. The minimum atomic E-state index is -0.810. The summed E-state index contributed by atoms with van der Waals surface area (Å²) in [4.78, 5) is 38.3. The Morgan fingerprint density at radius 2 is 0.481 bits per heavy atom. The molecule has 81 heavy (non-hydrogen) atoms. The maximum Gasteiger partial charge on any atom is 0.306 e. The monoisotopic (exact) mass is 1120 g/mol. The molecule has 0 rings (SSSR count). The van der Waals surface area contributed by atoms with Crippen LogP contribution < -0.4 is 0 Å². The predicted octanol–water partition coefficient (Wildman–Crippen LogP) is 23.1. The molecule has 458 valence electrons. The van der Waals surface area contributed by atoms with Gasteiger partial charge in [0, 0.05) is 19.3 Å². The number of ether oxygens (including phenoxy) is 3. The highest BCUT2D eigenvalue weighted by Crippen LogP contribution is 2.16. The molecule has 0 fully saturated rings. The quantitative estimate of drug-likeness (QED) is 0.0261. The van der Waals surface area contributed by atoms with Gasteiger partial charge in [0.05, 0.1) is 0 Å². The summed E-state index contributed by atoms with van der Waals surface area (Å²) in [6.07, 6.45) is 97.3. The van der Waals surface area contributed by atoms with E-state index in [2.05, 4.69) is 167 Å². The van der Waals surface area contributed by atoms with Crippen LogP contribution in [0.1, 0.15) is 290 Å². The Labute approximate surface area is 499 Å². The Bertz CT molecular complexity index is 1760. The van der Waals surface area contributed by atoms with E-state index in [-0.39, 0.29) is 37.5 Å². The average Bonchev–Trinajstić information content (AvgIpc) is 3.47. The van der Waals surface area contributed by atoms with Gasteiger partial charge in [0.2, 0.25) is 0 Å². The van der Waals surface area contributed by atoms with Gasteiger partial charge in [-0.2, -0.15) is 0 Å². The highest BCUT2D eigenvalue weighted by molar-refractivity contribution is 5.71. The molecule has 0 aliphatic carbocycles. The van der Waals surface area contributed by atoms with Gasteiger partial charge in [-0.05, 0) is 135 Å². The Balaban J connectivity index is 4.28. The van der Waals surface area contributed by atoms with Crippen LogP contribution in [0, 0.1) is 0 Å². The third kappa shape index (κ3) is 66.0. The third-order valence-corrected chi connectivity index (χ3v) is 13.8. The van der Waals surface area contributed by atoms with E-state index < -0.39 is 6.10 Å². The molecule has 0 saturated carbocycles. The molecule has 1 atom stereocenters. The maximum atomic E-state index is 12.9. The fourth-order valence-corrected chi connectivity index (χ4v) is 8.87. The van der Waals surface area contributed by atoms with Crippen molar-refractivity contribution in [3.05, 3.63) is 146 Å². The van der Waals surface area contributed by atoms with E-state index in [1.165, 1.54) is 109 Å². The highest BCUT2D eigenvalue weighted by Gasteiger charge is 2.19. The first-order valence-corrected chi connectivity index (χ1v) is 33.3. The number of rotatable bonds is 59. The van der Waals surface area contributed by atoms with Gasteiger partial charge in [-0.3, -0.25) is 14.4 Å². The highest BCUT2D eigenvalue weighted by atomic mass is 16.6. The molecule has 0 aliphatic heterocycles. The van der Waals surface area contributed by atoms with E-state index in [1.807, 2.05) is 0 Å². The van der Waals surface area contributed by atoms with Crippen LogP contribution in [-0.2, 0) is 28.6 Å². The molecule has 0 aromatic heterocycles. The summed E-state index contributed by atoms with van der Waals surface area (Å²) in [6, 6.07) is 0. The zero-order valence-electron chi connectivity index (χ0n) is 52.5. The van der Waals surface area contributed by atoms with Crippen molar-refractivity contribution in [2.75, 3.05) is 13.2 Å². The number of hydrogen-bond acceptors (Lipinski definition) is 6. The smallest absolute Gasteiger partial charge is 0.306 e.